The van der Waals surface area contributed by atoms with Gasteiger partial charge >= 0.3 is 5.97 Å². The van der Waals surface area contributed by atoms with Gasteiger partial charge in [0.25, 0.3) is 0 Å². The Morgan fingerprint density at radius 1 is 1.12 bits per heavy atom. The molecule has 1 aliphatic carbocycles. The first-order valence-corrected chi connectivity index (χ1v) is 8.93. The minimum atomic E-state index is -0.844. The minimum Gasteiger partial charge on any atom is -0.481 e. The summed E-state index contributed by atoms with van der Waals surface area (Å²) in [6.45, 7) is 0.536. The molecule has 0 spiro atoms. The molecular weight excluding hydrogens is 344 g/mol. The fraction of sp³-hybridized carbons (Fsp3) is 0.500. The zero-order valence-corrected chi connectivity index (χ0v) is 14.5. The largest absolute Gasteiger partial charge is 0.481 e. The van der Waals surface area contributed by atoms with Crippen LogP contribution in [0.2, 0.25) is 5.02 Å². The van der Waals surface area contributed by atoms with Gasteiger partial charge in [0, 0.05) is 23.2 Å². The van der Waals surface area contributed by atoms with E-state index in [1.807, 2.05) is 0 Å². The van der Waals surface area contributed by atoms with Gasteiger partial charge in [0.05, 0.1) is 5.92 Å². The number of carboxylic acid groups (broad SMARTS) is 1. The zero-order valence-electron chi connectivity index (χ0n) is 13.8. The van der Waals surface area contributed by atoms with E-state index in [4.69, 9.17) is 16.7 Å². The Hall–Kier alpha value is -2.08. The molecule has 25 heavy (non-hydrogen) atoms. The molecule has 1 heterocycles. The molecule has 2 fully saturated rings. The van der Waals surface area contributed by atoms with Crippen LogP contribution in [0.15, 0.2) is 24.3 Å². The van der Waals surface area contributed by atoms with Crippen molar-refractivity contribution in [1.29, 1.82) is 0 Å². The van der Waals surface area contributed by atoms with Gasteiger partial charge in [-0.15, -0.1) is 0 Å². The van der Waals surface area contributed by atoms with Gasteiger partial charge < -0.3 is 15.3 Å². The predicted molar refractivity (Wildman–Crippen MR) is 93.4 cm³/mol. The molecule has 0 aromatic heterocycles. The standard InChI is InChI=1S/C18H21ClN2O4/c19-13-4-6-14(7-5-13)21-9-8-15(17(21)23)20-16(22)11-2-1-3-12(10-11)18(24)25/h4-7,11-12,15H,1-3,8-10H2,(H,20,22)(H,24,25). The summed E-state index contributed by atoms with van der Waals surface area (Å²) in [6, 6.07) is 6.47. The lowest BCUT2D eigenvalue weighted by Gasteiger charge is -2.26. The highest BCUT2D eigenvalue weighted by Gasteiger charge is 2.37. The Balaban J connectivity index is 1.60. The molecule has 3 atom stereocenters. The Labute approximate surface area is 151 Å². The molecule has 3 rings (SSSR count). The van der Waals surface area contributed by atoms with Crippen LogP contribution in [-0.2, 0) is 14.4 Å². The number of nitrogens with zero attached hydrogens (tertiary/aromatic N) is 1. The molecule has 3 unspecified atom stereocenters. The first-order valence-electron chi connectivity index (χ1n) is 8.56. The van der Waals surface area contributed by atoms with Gasteiger partial charge in [-0.25, -0.2) is 0 Å². The summed E-state index contributed by atoms with van der Waals surface area (Å²) in [7, 11) is 0. The Kier molecular flexibility index (Phi) is 5.27. The summed E-state index contributed by atoms with van der Waals surface area (Å²) in [5.41, 5.74) is 0.759. The highest BCUT2D eigenvalue weighted by Crippen LogP contribution is 2.30. The topological polar surface area (TPSA) is 86.7 Å². The van der Waals surface area contributed by atoms with Crippen molar-refractivity contribution in [3.05, 3.63) is 29.3 Å². The van der Waals surface area contributed by atoms with Gasteiger partial charge in [-0.1, -0.05) is 18.0 Å². The molecule has 0 bridgehead atoms. The number of carboxylic acids is 1. The van der Waals surface area contributed by atoms with E-state index < -0.39 is 17.9 Å². The molecule has 7 heteroatoms. The van der Waals surface area contributed by atoms with Crippen molar-refractivity contribution in [3.63, 3.8) is 0 Å². The van der Waals surface area contributed by atoms with Crippen LogP contribution in [0.3, 0.4) is 0 Å². The summed E-state index contributed by atoms with van der Waals surface area (Å²) in [5.74, 6) is -1.98. The molecule has 1 saturated heterocycles. The maximum Gasteiger partial charge on any atom is 0.306 e. The second-order valence-corrected chi connectivity index (χ2v) is 7.15. The number of benzene rings is 1. The molecular formula is C18H21ClN2O4. The summed E-state index contributed by atoms with van der Waals surface area (Å²) in [4.78, 5) is 37.8. The number of hydrogen-bond donors (Lipinski definition) is 2. The molecule has 1 aromatic carbocycles. The molecule has 6 nitrogen and oxygen atoms in total. The molecule has 2 amide bonds. The maximum absolute atomic E-state index is 12.6. The first kappa shape index (κ1) is 17.7. The van der Waals surface area contributed by atoms with E-state index in [-0.39, 0.29) is 17.7 Å². The van der Waals surface area contributed by atoms with Gasteiger partial charge in [-0.3, -0.25) is 14.4 Å². The number of amides is 2. The smallest absolute Gasteiger partial charge is 0.306 e. The van der Waals surface area contributed by atoms with Crippen molar-refractivity contribution >= 4 is 35.1 Å². The lowest BCUT2D eigenvalue weighted by atomic mass is 9.81. The molecule has 134 valence electrons. The highest BCUT2D eigenvalue weighted by atomic mass is 35.5. The van der Waals surface area contributed by atoms with Gasteiger partial charge in [0.2, 0.25) is 11.8 Å². The van der Waals surface area contributed by atoms with Gasteiger partial charge in [0.1, 0.15) is 6.04 Å². The van der Waals surface area contributed by atoms with Gasteiger partial charge in [0.15, 0.2) is 0 Å². The van der Waals surface area contributed by atoms with E-state index in [1.54, 1.807) is 29.2 Å². The third-order valence-electron chi connectivity index (χ3n) is 5.05. The van der Waals surface area contributed by atoms with Crippen molar-refractivity contribution in [2.75, 3.05) is 11.4 Å². The summed E-state index contributed by atoms with van der Waals surface area (Å²) in [5, 5.41) is 12.6. The normalized spacial score (nSPS) is 26.5. The molecule has 1 aliphatic heterocycles. The van der Waals surface area contributed by atoms with Crippen molar-refractivity contribution in [2.45, 2.75) is 38.1 Å². The van der Waals surface area contributed by atoms with Crippen LogP contribution in [-0.4, -0.2) is 35.5 Å². The summed E-state index contributed by atoms with van der Waals surface area (Å²) < 4.78 is 0. The number of rotatable bonds is 4. The van der Waals surface area contributed by atoms with E-state index >= 15 is 0 Å². The first-order chi connectivity index (χ1) is 12.0. The molecule has 1 aromatic rings. The quantitative estimate of drug-likeness (QED) is 0.859. The number of nitrogens with one attached hydrogen (secondary N) is 1. The second kappa shape index (κ2) is 7.44. The van der Waals surface area contributed by atoms with Gasteiger partial charge in [-0.2, -0.15) is 0 Å². The van der Waals surface area contributed by atoms with Crippen molar-refractivity contribution in [3.8, 4) is 0 Å². The fourth-order valence-corrected chi connectivity index (χ4v) is 3.76. The Morgan fingerprint density at radius 3 is 2.48 bits per heavy atom. The fourth-order valence-electron chi connectivity index (χ4n) is 3.63. The Bertz CT molecular complexity index is 676. The monoisotopic (exact) mass is 364 g/mol. The zero-order chi connectivity index (χ0) is 18.0. The third-order valence-corrected chi connectivity index (χ3v) is 5.31. The van der Waals surface area contributed by atoms with E-state index in [2.05, 4.69) is 5.32 Å². The Morgan fingerprint density at radius 2 is 1.80 bits per heavy atom. The summed E-state index contributed by atoms with van der Waals surface area (Å²) >= 11 is 5.87. The van der Waals surface area contributed by atoms with Crippen molar-refractivity contribution in [1.82, 2.24) is 5.32 Å². The lowest BCUT2D eigenvalue weighted by molar-refractivity contribution is -0.144. The van der Waals surface area contributed by atoms with Crippen LogP contribution in [0.5, 0.6) is 0 Å². The number of anilines is 1. The molecule has 2 N–H and O–H groups in total. The summed E-state index contributed by atoms with van der Waals surface area (Å²) in [6.07, 6.45) is 2.92. The number of carbonyl (C=O) groups is 3. The number of carbonyl (C=O) groups excluding carboxylic acids is 2. The molecule has 0 radical (unpaired) electrons. The lowest BCUT2D eigenvalue weighted by Crippen LogP contribution is -2.45. The van der Waals surface area contributed by atoms with E-state index in [1.165, 1.54) is 0 Å². The van der Waals surface area contributed by atoms with Crippen LogP contribution >= 0.6 is 11.6 Å². The van der Waals surface area contributed by atoms with Gasteiger partial charge in [-0.05, 0) is 49.9 Å². The average molecular weight is 365 g/mol. The van der Waals surface area contributed by atoms with E-state index in [9.17, 15) is 14.4 Å². The predicted octanol–water partition coefficient (Wildman–Crippen LogP) is 2.45. The second-order valence-electron chi connectivity index (χ2n) is 6.71. The van der Waals surface area contributed by atoms with Crippen LogP contribution in [0.1, 0.15) is 32.1 Å². The number of halogens is 1. The van der Waals surface area contributed by atoms with E-state index in [0.29, 0.717) is 37.3 Å². The van der Waals surface area contributed by atoms with Crippen LogP contribution in [0.4, 0.5) is 5.69 Å². The average Bonchev–Trinajstić information content (AvgIpc) is 2.96. The highest BCUT2D eigenvalue weighted by molar-refractivity contribution is 6.30. The van der Waals surface area contributed by atoms with Crippen molar-refractivity contribution < 1.29 is 19.5 Å². The maximum atomic E-state index is 12.6. The molecule has 1 saturated carbocycles. The molecule has 2 aliphatic rings. The number of aliphatic carboxylic acids is 1. The van der Waals surface area contributed by atoms with E-state index in [0.717, 1.165) is 12.1 Å². The van der Waals surface area contributed by atoms with Crippen LogP contribution < -0.4 is 10.2 Å². The number of hydrogen-bond acceptors (Lipinski definition) is 3. The minimum absolute atomic E-state index is 0.138. The van der Waals surface area contributed by atoms with Crippen LogP contribution in [0.25, 0.3) is 0 Å². The van der Waals surface area contributed by atoms with Crippen molar-refractivity contribution in [2.24, 2.45) is 11.8 Å². The SMILES string of the molecule is O=C(O)C1CCCC(C(=O)NC2CCN(c3ccc(Cl)cc3)C2=O)C1. The van der Waals surface area contributed by atoms with Crippen LogP contribution in [0, 0.1) is 11.8 Å². The third kappa shape index (κ3) is 3.95.